The Labute approximate surface area is 84.6 Å². The van der Waals surface area contributed by atoms with Crippen molar-refractivity contribution >= 4 is 5.78 Å². The number of rotatable bonds is 4. The molecule has 0 bridgehead atoms. The Balaban J connectivity index is 2.65. The zero-order chi connectivity index (χ0) is 10.6. The van der Waals surface area contributed by atoms with Gasteiger partial charge in [-0.05, 0) is 23.6 Å². The lowest BCUT2D eigenvalue weighted by molar-refractivity contribution is -0.119. The minimum atomic E-state index is 0.239. The topological polar surface area (TPSA) is 37.3 Å². The molecule has 76 valence electrons. The second-order valence-corrected chi connectivity index (χ2v) is 3.59. The number of Topliss-reactive ketones (excluding diaryl/α,β-unsaturated/α-hetero) is 1. The summed E-state index contributed by atoms with van der Waals surface area (Å²) in [7, 11) is 0. The molecule has 0 radical (unpaired) electrons. The third-order valence-corrected chi connectivity index (χ3v) is 2.39. The van der Waals surface area contributed by atoms with E-state index in [2.05, 4.69) is 0 Å². The Kier molecular flexibility index (Phi) is 3.69. The minimum absolute atomic E-state index is 0.239. The van der Waals surface area contributed by atoms with Crippen LogP contribution < -0.4 is 0 Å². The summed E-state index contributed by atoms with van der Waals surface area (Å²) in [5, 5.41) is 9.10. The number of hydrogen-bond donors (Lipinski definition) is 1. The van der Waals surface area contributed by atoms with Crippen LogP contribution in [0.1, 0.15) is 38.2 Å². The van der Waals surface area contributed by atoms with E-state index in [-0.39, 0.29) is 17.5 Å². The summed E-state index contributed by atoms with van der Waals surface area (Å²) in [4.78, 5) is 11.2. The molecule has 0 amide bonds. The fourth-order valence-corrected chi connectivity index (χ4v) is 1.41. The normalized spacial score (nSPS) is 12.4. The van der Waals surface area contributed by atoms with Crippen molar-refractivity contribution in [2.24, 2.45) is 0 Å². The Bertz CT molecular complexity index is 301. The van der Waals surface area contributed by atoms with E-state index in [1.165, 1.54) is 0 Å². The summed E-state index contributed by atoms with van der Waals surface area (Å²) < 4.78 is 0. The maximum Gasteiger partial charge on any atom is 0.133 e. The summed E-state index contributed by atoms with van der Waals surface area (Å²) in [5.74, 6) is 0.788. The Morgan fingerprint density at radius 2 is 1.93 bits per heavy atom. The molecular weight excluding hydrogens is 176 g/mol. The van der Waals surface area contributed by atoms with Gasteiger partial charge in [0.2, 0.25) is 0 Å². The Morgan fingerprint density at radius 3 is 2.43 bits per heavy atom. The van der Waals surface area contributed by atoms with Crippen molar-refractivity contribution in [3.8, 4) is 5.75 Å². The average Bonchev–Trinajstić information content (AvgIpc) is 2.18. The molecule has 1 aromatic rings. The van der Waals surface area contributed by atoms with Crippen LogP contribution in [-0.2, 0) is 4.79 Å². The Hall–Kier alpha value is -1.31. The molecule has 1 aromatic carbocycles. The number of aromatic hydroxyl groups is 1. The summed E-state index contributed by atoms with van der Waals surface area (Å²) in [6.45, 7) is 3.91. The van der Waals surface area contributed by atoms with Crippen molar-refractivity contribution in [1.29, 1.82) is 0 Å². The molecule has 1 rings (SSSR count). The van der Waals surface area contributed by atoms with Gasteiger partial charge >= 0.3 is 0 Å². The van der Waals surface area contributed by atoms with Crippen LogP contribution >= 0.6 is 0 Å². The summed E-state index contributed by atoms with van der Waals surface area (Å²) in [6, 6.07) is 7.04. The van der Waals surface area contributed by atoms with Gasteiger partial charge in [0.25, 0.3) is 0 Å². The first-order valence-electron chi connectivity index (χ1n) is 4.94. The van der Waals surface area contributed by atoms with Gasteiger partial charge < -0.3 is 5.11 Å². The molecule has 0 spiro atoms. The largest absolute Gasteiger partial charge is 0.508 e. The van der Waals surface area contributed by atoms with Gasteiger partial charge in [0, 0.05) is 12.8 Å². The van der Waals surface area contributed by atoms with E-state index in [1.807, 2.05) is 26.0 Å². The lowest BCUT2D eigenvalue weighted by Gasteiger charge is -2.10. The smallest absolute Gasteiger partial charge is 0.133 e. The van der Waals surface area contributed by atoms with Crippen molar-refractivity contribution < 1.29 is 9.90 Å². The van der Waals surface area contributed by atoms with Gasteiger partial charge in [-0.25, -0.2) is 0 Å². The standard InChI is InChI=1S/C12H16O2/c1-3-11(13)8-9(2)10-4-6-12(14)7-5-10/h4-7,9,14H,3,8H2,1-2H3. The van der Waals surface area contributed by atoms with Crippen molar-refractivity contribution in [3.05, 3.63) is 29.8 Å². The molecule has 0 aliphatic rings. The third kappa shape index (κ3) is 2.87. The maximum atomic E-state index is 11.2. The number of carbonyl (C=O) groups excluding carboxylic acids is 1. The van der Waals surface area contributed by atoms with Crippen molar-refractivity contribution in [2.45, 2.75) is 32.6 Å². The van der Waals surface area contributed by atoms with Gasteiger partial charge in [-0.1, -0.05) is 26.0 Å². The lowest BCUT2D eigenvalue weighted by atomic mass is 9.95. The SMILES string of the molecule is CCC(=O)CC(C)c1ccc(O)cc1. The monoisotopic (exact) mass is 192 g/mol. The van der Waals surface area contributed by atoms with Crippen molar-refractivity contribution in [2.75, 3.05) is 0 Å². The number of hydrogen-bond acceptors (Lipinski definition) is 2. The van der Waals surface area contributed by atoms with Crippen molar-refractivity contribution in [1.82, 2.24) is 0 Å². The number of carbonyl (C=O) groups is 1. The lowest BCUT2D eigenvalue weighted by Crippen LogP contribution is -2.02. The van der Waals surface area contributed by atoms with E-state index in [1.54, 1.807) is 12.1 Å². The van der Waals surface area contributed by atoms with E-state index in [0.717, 1.165) is 5.56 Å². The van der Waals surface area contributed by atoms with Gasteiger partial charge in [0.1, 0.15) is 11.5 Å². The van der Waals surface area contributed by atoms with Gasteiger partial charge in [0.05, 0.1) is 0 Å². The van der Waals surface area contributed by atoms with Gasteiger partial charge in [-0.15, -0.1) is 0 Å². The summed E-state index contributed by atoms with van der Waals surface area (Å²) in [6.07, 6.45) is 1.18. The first-order chi connectivity index (χ1) is 6.63. The van der Waals surface area contributed by atoms with E-state index in [4.69, 9.17) is 5.11 Å². The van der Waals surface area contributed by atoms with Crippen LogP contribution in [0.25, 0.3) is 0 Å². The van der Waals surface area contributed by atoms with Gasteiger partial charge in [-0.3, -0.25) is 4.79 Å². The van der Waals surface area contributed by atoms with E-state index < -0.39 is 0 Å². The predicted molar refractivity (Wildman–Crippen MR) is 56.4 cm³/mol. The molecule has 2 heteroatoms. The average molecular weight is 192 g/mol. The molecular formula is C12H16O2. The van der Waals surface area contributed by atoms with Crippen LogP contribution in [0.3, 0.4) is 0 Å². The van der Waals surface area contributed by atoms with Crippen molar-refractivity contribution in [3.63, 3.8) is 0 Å². The Morgan fingerprint density at radius 1 is 1.36 bits per heavy atom. The molecule has 0 fully saturated rings. The fraction of sp³-hybridized carbons (Fsp3) is 0.417. The van der Waals surface area contributed by atoms with Crippen LogP contribution in [0.2, 0.25) is 0 Å². The molecule has 1 atom stereocenters. The van der Waals surface area contributed by atoms with Gasteiger partial charge in [0.15, 0.2) is 0 Å². The summed E-state index contributed by atoms with van der Waals surface area (Å²) >= 11 is 0. The molecule has 0 aromatic heterocycles. The molecule has 0 aliphatic heterocycles. The van der Waals surface area contributed by atoms with Crippen LogP contribution in [0.15, 0.2) is 24.3 Å². The zero-order valence-electron chi connectivity index (χ0n) is 8.66. The van der Waals surface area contributed by atoms with E-state index in [0.29, 0.717) is 12.8 Å². The number of ketones is 1. The van der Waals surface area contributed by atoms with Crippen LogP contribution in [-0.4, -0.2) is 10.9 Å². The molecule has 0 saturated heterocycles. The first-order valence-corrected chi connectivity index (χ1v) is 4.94. The number of phenols is 1. The highest BCUT2D eigenvalue weighted by molar-refractivity contribution is 5.78. The molecule has 0 saturated carbocycles. The first kappa shape index (κ1) is 10.8. The highest BCUT2D eigenvalue weighted by Gasteiger charge is 2.09. The quantitative estimate of drug-likeness (QED) is 0.796. The van der Waals surface area contributed by atoms with Crippen LogP contribution in [0.5, 0.6) is 5.75 Å². The van der Waals surface area contributed by atoms with E-state index >= 15 is 0 Å². The molecule has 0 aliphatic carbocycles. The second-order valence-electron chi connectivity index (χ2n) is 3.59. The zero-order valence-corrected chi connectivity index (χ0v) is 8.66. The maximum absolute atomic E-state index is 11.2. The van der Waals surface area contributed by atoms with Crippen LogP contribution in [0, 0.1) is 0 Å². The van der Waals surface area contributed by atoms with E-state index in [9.17, 15) is 4.79 Å². The number of phenolic OH excluding ortho intramolecular Hbond substituents is 1. The molecule has 2 nitrogen and oxygen atoms in total. The fourth-order valence-electron chi connectivity index (χ4n) is 1.41. The third-order valence-electron chi connectivity index (χ3n) is 2.39. The second kappa shape index (κ2) is 4.80. The highest BCUT2D eigenvalue weighted by Crippen LogP contribution is 2.21. The molecule has 0 heterocycles. The molecule has 1 unspecified atom stereocenters. The van der Waals surface area contributed by atoms with Crippen LogP contribution in [0.4, 0.5) is 0 Å². The predicted octanol–water partition coefficient (Wildman–Crippen LogP) is 2.86. The molecule has 14 heavy (non-hydrogen) atoms. The van der Waals surface area contributed by atoms with Gasteiger partial charge in [-0.2, -0.15) is 0 Å². The number of benzene rings is 1. The highest BCUT2D eigenvalue weighted by atomic mass is 16.3. The summed E-state index contributed by atoms with van der Waals surface area (Å²) in [5.41, 5.74) is 1.10. The minimum Gasteiger partial charge on any atom is -0.508 e. The molecule has 1 N–H and O–H groups in total.